The topological polar surface area (TPSA) is 60.8 Å². The van der Waals surface area contributed by atoms with E-state index in [9.17, 15) is 9.90 Å². The van der Waals surface area contributed by atoms with Crippen molar-refractivity contribution in [1.82, 2.24) is 4.90 Å². The van der Waals surface area contributed by atoms with E-state index >= 15 is 0 Å². The van der Waals surface area contributed by atoms with E-state index < -0.39 is 5.97 Å². The second-order valence-corrected chi connectivity index (χ2v) is 6.05. The van der Waals surface area contributed by atoms with Crippen molar-refractivity contribution in [3.63, 3.8) is 0 Å². The molecule has 0 spiro atoms. The Labute approximate surface area is 116 Å². The van der Waals surface area contributed by atoms with Crippen LogP contribution >= 0.6 is 0 Å². The summed E-state index contributed by atoms with van der Waals surface area (Å²) in [5.74, 6) is -0.972. The highest BCUT2D eigenvalue weighted by Crippen LogP contribution is 2.25. The van der Waals surface area contributed by atoms with Crippen LogP contribution in [0.15, 0.2) is 0 Å². The molecule has 2 aliphatic rings. The lowest BCUT2D eigenvalue weighted by Crippen LogP contribution is -2.41. The van der Waals surface area contributed by atoms with Crippen molar-refractivity contribution in [2.24, 2.45) is 5.92 Å². The number of aliphatic hydroxyl groups is 1. The van der Waals surface area contributed by atoms with E-state index in [0.717, 1.165) is 18.9 Å². The monoisotopic (exact) mass is 271 g/mol. The molecule has 1 aliphatic carbocycles. The first-order valence-electron chi connectivity index (χ1n) is 7.65. The minimum absolute atomic E-state index is 0.000963. The maximum atomic E-state index is 9.70. The van der Waals surface area contributed by atoms with Gasteiger partial charge >= 0.3 is 5.97 Å². The van der Waals surface area contributed by atoms with E-state index in [1.807, 2.05) is 0 Å². The second-order valence-electron chi connectivity index (χ2n) is 6.05. The molecular formula is C15H29NO3. The Morgan fingerprint density at radius 3 is 1.95 bits per heavy atom. The largest absolute Gasteiger partial charge is 0.481 e. The Morgan fingerprint density at radius 2 is 1.53 bits per heavy atom. The fourth-order valence-corrected chi connectivity index (χ4v) is 2.71. The highest BCUT2D eigenvalue weighted by molar-refractivity contribution is 5.68. The summed E-state index contributed by atoms with van der Waals surface area (Å²) in [4.78, 5) is 12.3. The molecule has 112 valence electrons. The van der Waals surface area contributed by atoms with Gasteiger partial charge in [-0.25, -0.2) is 0 Å². The Bertz CT molecular complexity index is 254. The lowest BCUT2D eigenvalue weighted by atomic mass is 9.91. The predicted octanol–water partition coefficient (Wildman–Crippen LogP) is 2.50. The summed E-state index contributed by atoms with van der Waals surface area (Å²) >= 11 is 0. The van der Waals surface area contributed by atoms with E-state index in [2.05, 4.69) is 4.90 Å². The highest BCUT2D eigenvalue weighted by atomic mass is 16.4. The molecule has 0 amide bonds. The molecule has 19 heavy (non-hydrogen) atoms. The quantitative estimate of drug-likeness (QED) is 0.810. The molecule has 1 saturated carbocycles. The maximum Gasteiger partial charge on any atom is 0.305 e. The van der Waals surface area contributed by atoms with Gasteiger partial charge in [-0.3, -0.25) is 4.79 Å². The number of carboxylic acid groups (broad SMARTS) is 1. The van der Waals surface area contributed by atoms with Gasteiger partial charge in [0.1, 0.15) is 0 Å². The average Bonchev–Trinajstić information content (AvgIpc) is 2.41. The maximum absolute atomic E-state index is 9.70. The number of piperidine rings is 1. The van der Waals surface area contributed by atoms with Gasteiger partial charge in [-0.05, 0) is 51.6 Å². The molecule has 0 unspecified atom stereocenters. The van der Waals surface area contributed by atoms with Gasteiger partial charge in [0.25, 0.3) is 0 Å². The number of hydrogen-bond donors (Lipinski definition) is 2. The zero-order valence-corrected chi connectivity index (χ0v) is 12.3. The molecule has 2 fully saturated rings. The van der Waals surface area contributed by atoms with Crippen molar-refractivity contribution in [2.75, 3.05) is 13.1 Å². The third-order valence-electron chi connectivity index (χ3n) is 4.07. The zero-order chi connectivity index (χ0) is 14.3. The van der Waals surface area contributed by atoms with Gasteiger partial charge in [-0.2, -0.15) is 0 Å². The van der Waals surface area contributed by atoms with Crippen molar-refractivity contribution in [3.05, 3.63) is 0 Å². The van der Waals surface area contributed by atoms with Gasteiger partial charge in [-0.15, -0.1) is 0 Å². The molecule has 0 atom stereocenters. The molecule has 2 N–H and O–H groups in total. The molecule has 2 rings (SSSR count). The first kappa shape index (κ1) is 16.4. The molecular weight excluding hydrogens is 242 g/mol. The normalized spacial score (nSPS) is 28.6. The first-order valence-corrected chi connectivity index (χ1v) is 7.65. The van der Waals surface area contributed by atoms with Crippen molar-refractivity contribution < 1.29 is 15.0 Å². The molecule has 0 bridgehead atoms. The number of hydrogen-bond acceptors (Lipinski definition) is 3. The summed E-state index contributed by atoms with van der Waals surface area (Å²) in [5.41, 5.74) is 0. The number of aliphatic carboxylic acids is 1. The van der Waals surface area contributed by atoms with Crippen LogP contribution in [-0.2, 0) is 4.79 Å². The van der Waals surface area contributed by atoms with Crippen LogP contribution in [0.2, 0.25) is 0 Å². The Balaban J connectivity index is 0.000000258. The highest BCUT2D eigenvalue weighted by Gasteiger charge is 2.25. The molecule has 4 heteroatoms. The Kier molecular flexibility index (Phi) is 7.39. The van der Waals surface area contributed by atoms with Gasteiger partial charge in [0.05, 0.1) is 12.0 Å². The number of nitrogens with zero attached hydrogens (tertiary/aromatic N) is 1. The second kappa shape index (κ2) is 8.54. The smallest absolute Gasteiger partial charge is 0.305 e. The lowest BCUT2D eigenvalue weighted by Gasteiger charge is -2.37. The van der Waals surface area contributed by atoms with Crippen molar-refractivity contribution in [3.8, 4) is 0 Å². The zero-order valence-electron chi connectivity index (χ0n) is 12.3. The average molecular weight is 271 g/mol. The molecule has 4 nitrogen and oxygen atoms in total. The number of aliphatic hydroxyl groups excluding tert-OH is 1. The summed E-state index contributed by atoms with van der Waals surface area (Å²) in [6.45, 7) is 5.90. The standard InChI is InChI=1S/C11H21NO.C4H8O2/c13-11-6-4-10(5-7-11)12-8-2-1-3-9-12;1-3(2)4(5)6/h10-11,13H,1-9H2;3H,1-2H3,(H,5,6). The summed E-state index contributed by atoms with van der Waals surface area (Å²) in [5, 5.41) is 17.4. The van der Waals surface area contributed by atoms with E-state index in [0.29, 0.717) is 0 Å². The van der Waals surface area contributed by atoms with Crippen LogP contribution in [0.25, 0.3) is 0 Å². The van der Waals surface area contributed by atoms with Crippen molar-refractivity contribution >= 4 is 5.97 Å². The SMILES string of the molecule is CC(C)C(=O)O.OC1CCC(N2CCCCC2)CC1. The van der Waals surface area contributed by atoms with Gasteiger partial charge in [0.15, 0.2) is 0 Å². The van der Waals surface area contributed by atoms with E-state index in [1.54, 1.807) is 13.8 Å². The summed E-state index contributed by atoms with van der Waals surface area (Å²) in [6.07, 6.45) is 8.70. The number of carboxylic acids is 1. The third kappa shape index (κ3) is 6.39. The van der Waals surface area contributed by atoms with E-state index in [-0.39, 0.29) is 12.0 Å². The fraction of sp³-hybridized carbons (Fsp3) is 0.933. The first-order chi connectivity index (χ1) is 9.00. The molecule has 1 aliphatic heterocycles. The molecule has 0 aromatic rings. The van der Waals surface area contributed by atoms with Gasteiger partial charge in [0.2, 0.25) is 0 Å². The number of likely N-dealkylation sites (tertiary alicyclic amines) is 1. The molecule has 0 aromatic heterocycles. The van der Waals surface area contributed by atoms with Crippen LogP contribution in [0.4, 0.5) is 0 Å². The van der Waals surface area contributed by atoms with Gasteiger partial charge in [-0.1, -0.05) is 20.3 Å². The Morgan fingerprint density at radius 1 is 1.05 bits per heavy atom. The minimum atomic E-state index is -0.741. The summed E-state index contributed by atoms with van der Waals surface area (Å²) in [6, 6.07) is 0.795. The minimum Gasteiger partial charge on any atom is -0.481 e. The van der Waals surface area contributed by atoms with Gasteiger partial charge < -0.3 is 15.1 Å². The van der Waals surface area contributed by atoms with Crippen LogP contribution in [0.1, 0.15) is 58.8 Å². The summed E-state index contributed by atoms with van der Waals surface area (Å²) in [7, 11) is 0. The lowest BCUT2D eigenvalue weighted by molar-refractivity contribution is -0.140. The van der Waals surface area contributed by atoms with Crippen LogP contribution in [0.5, 0.6) is 0 Å². The fourth-order valence-electron chi connectivity index (χ4n) is 2.71. The molecule has 1 heterocycles. The Hall–Kier alpha value is -0.610. The van der Waals surface area contributed by atoms with Crippen LogP contribution in [0, 0.1) is 5.92 Å². The third-order valence-corrected chi connectivity index (χ3v) is 4.07. The van der Waals surface area contributed by atoms with E-state index in [1.165, 1.54) is 45.2 Å². The molecule has 1 saturated heterocycles. The van der Waals surface area contributed by atoms with Crippen molar-refractivity contribution in [1.29, 1.82) is 0 Å². The predicted molar refractivity (Wildman–Crippen MR) is 76.2 cm³/mol. The van der Waals surface area contributed by atoms with Crippen LogP contribution < -0.4 is 0 Å². The van der Waals surface area contributed by atoms with Crippen molar-refractivity contribution in [2.45, 2.75) is 70.9 Å². The number of carbonyl (C=O) groups is 1. The van der Waals surface area contributed by atoms with Gasteiger partial charge in [0, 0.05) is 6.04 Å². The van der Waals surface area contributed by atoms with E-state index in [4.69, 9.17) is 5.11 Å². The molecule has 0 aromatic carbocycles. The number of rotatable bonds is 2. The molecule has 0 radical (unpaired) electrons. The summed E-state index contributed by atoms with van der Waals surface area (Å²) < 4.78 is 0. The van der Waals surface area contributed by atoms with Crippen LogP contribution in [0.3, 0.4) is 0 Å². The van der Waals surface area contributed by atoms with Crippen LogP contribution in [-0.4, -0.2) is 46.3 Å².